The minimum absolute atomic E-state index is 0.355. The molecule has 0 atom stereocenters. The summed E-state index contributed by atoms with van der Waals surface area (Å²) in [5, 5.41) is 7.58. The van der Waals surface area contributed by atoms with Crippen LogP contribution in [0.15, 0.2) is 12.4 Å². The number of aromatic nitrogens is 2. The summed E-state index contributed by atoms with van der Waals surface area (Å²) >= 11 is 0. The molecule has 1 heterocycles. The maximum atomic E-state index is 5.48. The highest BCUT2D eigenvalue weighted by atomic mass is 16.5. The summed E-state index contributed by atoms with van der Waals surface area (Å²) in [6.07, 6.45) is 7.72. The second-order valence-corrected chi connectivity index (χ2v) is 4.65. The van der Waals surface area contributed by atoms with Crippen molar-refractivity contribution in [3.05, 3.63) is 18.0 Å². The van der Waals surface area contributed by atoms with Crippen molar-refractivity contribution in [2.24, 2.45) is 7.05 Å². The number of hydrogen-bond acceptors (Lipinski definition) is 3. The number of ether oxygens (including phenoxy) is 1. The van der Waals surface area contributed by atoms with Crippen LogP contribution in [-0.2, 0) is 18.2 Å². The zero-order valence-electron chi connectivity index (χ0n) is 11.3. The van der Waals surface area contributed by atoms with Gasteiger partial charge in [-0.3, -0.25) is 4.68 Å². The molecule has 17 heavy (non-hydrogen) atoms. The van der Waals surface area contributed by atoms with Gasteiger partial charge in [0.2, 0.25) is 0 Å². The molecule has 0 bridgehead atoms. The van der Waals surface area contributed by atoms with Crippen LogP contribution >= 0.6 is 0 Å². The fraction of sp³-hybridized carbons (Fsp3) is 0.769. The molecule has 0 aliphatic heterocycles. The third-order valence-electron chi connectivity index (χ3n) is 2.55. The normalized spacial score (nSPS) is 11.3. The lowest BCUT2D eigenvalue weighted by Gasteiger charge is -2.07. The first-order valence-electron chi connectivity index (χ1n) is 6.48. The molecule has 0 aromatic carbocycles. The van der Waals surface area contributed by atoms with Gasteiger partial charge in [-0.15, -0.1) is 0 Å². The Labute approximate surface area is 104 Å². The average molecular weight is 239 g/mol. The van der Waals surface area contributed by atoms with Gasteiger partial charge in [0.15, 0.2) is 0 Å². The first kappa shape index (κ1) is 14.2. The van der Waals surface area contributed by atoms with Crippen molar-refractivity contribution < 1.29 is 4.74 Å². The molecular weight excluding hydrogens is 214 g/mol. The van der Waals surface area contributed by atoms with E-state index in [9.17, 15) is 0 Å². The van der Waals surface area contributed by atoms with Crippen molar-refractivity contribution in [3.63, 3.8) is 0 Å². The number of nitrogens with one attached hydrogen (secondary N) is 1. The molecule has 1 aromatic heterocycles. The van der Waals surface area contributed by atoms with Crippen LogP contribution in [0, 0.1) is 0 Å². The summed E-state index contributed by atoms with van der Waals surface area (Å²) < 4.78 is 7.33. The summed E-state index contributed by atoms with van der Waals surface area (Å²) in [4.78, 5) is 0. The highest BCUT2D eigenvalue weighted by Crippen LogP contribution is 1.96. The molecule has 0 unspecified atom stereocenters. The Morgan fingerprint density at radius 3 is 2.82 bits per heavy atom. The zero-order chi connectivity index (χ0) is 12.5. The third-order valence-corrected chi connectivity index (χ3v) is 2.55. The number of nitrogens with zero attached hydrogens (tertiary/aromatic N) is 2. The molecule has 98 valence electrons. The van der Waals surface area contributed by atoms with Gasteiger partial charge in [-0.1, -0.05) is 0 Å². The Bertz CT molecular complexity index is 297. The van der Waals surface area contributed by atoms with E-state index in [0.717, 1.165) is 32.5 Å². The Balaban J connectivity index is 1.88. The zero-order valence-corrected chi connectivity index (χ0v) is 11.3. The van der Waals surface area contributed by atoms with E-state index in [0.29, 0.717) is 6.10 Å². The van der Waals surface area contributed by atoms with Crippen LogP contribution in [0.5, 0.6) is 0 Å². The standard InChI is InChI=1S/C13H25N3O/c1-12(2)17-9-5-4-7-14-8-6-13-10-15-16(3)11-13/h10-12,14H,4-9H2,1-3H3. The fourth-order valence-corrected chi connectivity index (χ4v) is 1.63. The van der Waals surface area contributed by atoms with Crippen LogP contribution in [-0.4, -0.2) is 35.6 Å². The lowest BCUT2D eigenvalue weighted by Crippen LogP contribution is -2.19. The minimum atomic E-state index is 0.355. The Morgan fingerprint density at radius 1 is 1.35 bits per heavy atom. The predicted octanol–water partition coefficient (Wildman–Crippen LogP) is 1.76. The van der Waals surface area contributed by atoms with Crippen LogP contribution in [0.4, 0.5) is 0 Å². The molecular formula is C13H25N3O. The second kappa shape index (κ2) is 8.25. The summed E-state index contributed by atoms with van der Waals surface area (Å²) in [6.45, 7) is 7.12. The molecule has 0 aliphatic carbocycles. The van der Waals surface area contributed by atoms with Crippen molar-refractivity contribution in [2.45, 2.75) is 39.2 Å². The molecule has 1 rings (SSSR count). The van der Waals surface area contributed by atoms with E-state index in [1.807, 2.05) is 17.9 Å². The van der Waals surface area contributed by atoms with Gasteiger partial charge in [0.1, 0.15) is 0 Å². The maximum absolute atomic E-state index is 5.48. The van der Waals surface area contributed by atoms with Gasteiger partial charge in [-0.2, -0.15) is 5.10 Å². The van der Waals surface area contributed by atoms with Crippen LogP contribution < -0.4 is 5.32 Å². The summed E-state index contributed by atoms with van der Waals surface area (Å²) in [7, 11) is 1.95. The van der Waals surface area contributed by atoms with Gasteiger partial charge >= 0.3 is 0 Å². The molecule has 4 heteroatoms. The molecule has 0 saturated carbocycles. The van der Waals surface area contributed by atoms with Crippen molar-refractivity contribution in [1.29, 1.82) is 0 Å². The van der Waals surface area contributed by atoms with Gasteiger partial charge in [0, 0.05) is 19.9 Å². The maximum Gasteiger partial charge on any atom is 0.0522 e. The summed E-state index contributed by atoms with van der Waals surface area (Å²) in [5.74, 6) is 0. The van der Waals surface area contributed by atoms with Crippen LogP contribution in [0.1, 0.15) is 32.3 Å². The molecule has 0 amide bonds. The van der Waals surface area contributed by atoms with E-state index < -0.39 is 0 Å². The number of hydrogen-bond donors (Lipinski definition) is 1. The van der Waals surface area contributed by atoms with Crippen molar-refractivity contribution in [3.8, 4) is 0 Å². The van der Waals surface area contributed by atoms with Gasteiger partial charge in [0.05, 0.1) is 12.3 Å². The van der Waals surface area contributed by atoms with E-state index in [1.54, 1.807) is 0 Å². The van der Waals surface area contributed by atoms with Crippen LogP contribution in [0.2, 0.25) is 0 Å². The van der Waals surface area contributed by atoms with Gasteiger partial charge in [-0.25, -0.2) is 0 Å². The van der Waals surface area contributed by atoms with Gasteiger partial charge < -0.3 is 10.1 Å². The molecule has 1 N–H and O–H groups in total. The van der Waals surface area contributed by atoms with E-state index in [1.165, 1.54) is 12.0 Å². The van der Waals surface area contributed by atoms with Crippen molar-refractivity contribution in [2.75, 3.05) is 19.7 Å². The molecule has 0 saturated heterocycles. The lowest BCUT2D eigenvalue weighted by atomic mass is 10.2. The van der Waals surface area contributed by atoms with Crippen LogP contribution in [0.3, 0.4) is 0 Å². The second-order valence-electron chi connectivity index (χ2n) is 4.65. The largest absolute Gasteiger partial charge is 0.379 e. The quantitative estimate of drug-likeness (QED) is 0.667. The molecule has 0 fully saturated rings. The highest BCUT2D eigenvalue weighted by Gasteiger charge is 1.96. The number of rotatable bonds is 9. The highest BCUT2D eigenvalue weighted by molar-refractivity contribution is 5.03. The first-order chi connectivity index (χ1) is 8.18. The molecule has 0 aliphatic rings. The SMILES string of the molecule is CC(C)OCCCCNCCc1cnn(C)c1. The predicted molar refractivity (Wildman–Crippen MR) is 70.1 cm³/mol. The molecule has 4 nitrogen and oxygen atoms in total. The molecule has 0 spiro atoms. The average Bonchev–Trinajstić information content (AvgIpc) is 2.68. The van der Waals surface area contributed by atoms with Crippen molar-refractivity contribution in [1.82, 2.24) is 15.1 Å². The molecule has 0 radical (unpaired) electrons. The monoisotopic (exact) mass is 239 g/mol. The van der Waals surface area contributed by atoms with E-state index in [2.05, 4.69) is 30.5 Å². The van der Waals surface area contributed by atoms with Crippen LogP contribution in [0.25, 0.3) is 0 Å². The van der Waals surface area contributed by atoms with Gasteiger partial charge in [-0.05, 0) is 51.8 Å². The third kappa shape index (κ3) is 7.13. The Morgan fingerprint density at radius 2 is 2.18 bits per heavy atom. The Hall–Kier alpha value is -0.870. The summed E-state index contributed by atoms with van der Waals surface area (Å²) in [5.41, 5.74) is 1.29. The Kier molecular flexibility index (Phi) is 6.89. The van der Waals surface area contributed by atoms with E-state index >= 15 is 0 Å². The number of unbranched alkanes of at least 4 members (excludes halogenated alkanes) is 1. The van der Waals surface area contributed by atoms with E-state index in [4.69, 9.17) is 4.74 Å². The van der Waals surface area contributed by atoms with E-state index in [-0.39, 0.29) is 0 Å². The first-order valence-corrected chi connectivity index (χ1v) is 6.48. The van der Waals surface area contributed by atoms with Crippen molar-refractivity contribution >= 4 is 0 Å². The summed E-state index contributed by atoms with van der Waals surface area (Å²) in [6, 6.07) is 0. The number of aryl methyl sites for hydroxylation is 1. The molecule has 1 aromatic rings. The fourth-order valence-electron chi connectivity index (χ4n) is 1.63. The topological polar surface area (TPSA) is 39.1 Å². The lowest BCUT2D eigenvalue weighted by molar-refractivity contribution is 0.0760. The van der Waals surface area contributed by atoms with Gasteiger partial charge in [0.25, 0.3) is 0 Å². The smallest absolute Gasteiger partial charge is 0.0522 e. The minimum Gasteiger partial charge on any atom is -0.379 e.